The molecule has 0 spiro atoms. The summed E-state index contributed by atoms with van der Waals surface area (Å²) in [6, 6.07) is 0.568. The second kappa shape index (κ2) is 5.47. The van der Waals surface area contributed by atoms with Crippen LogP contribution in [-0.4, -0.2) is 60.1 Å². The predicted octanol–water partition coefficient (Wildman–Crippen LogP) is 0.733. The molecular weight excluding hydrogens is 192 g/mol. The van der Waals surface area contributed by atoms with Gasteiger partial charge in [0.2, 0.25) is 0 Å². The molecule has 0 aromatic rings. The molecule has 88 valence electrons. The summed E-state index contributed by atoms with van der Waals surface area (Å²) in [6.45, 7) is 7.51. The van der Waals surface area contributed by atoms with Crippen molar-refractivity contribution < 1.29 is 9.90 Å². The highest BCUT2D eigenvalue weighted by atomic mass is 16.4. The molecule has 0 aliphatic carbocycles. The summed E-state index contributed by atoms with van der Waals surface area (Å²) in [5.41, 5.74) is 0. The molecule has 0 bridgehead atoms. The Morgan fingerprint density at radius 3 is 2.80 bits per heavy atom. The van der Waals surface area contributed by atoms with Crippen molar-refractivity contribution in [1.29, 1.82) is 0 Å². The number of likely N-dealkylation sites (tertiary alicyclic amines) is 1. The lowest BCUT2D eigenvalue weighted by molar-refractivity contribution is -0.138. The minimum absolute atomic E-state index is 0.196. The SMILES string of the molecule is CC(C)N(C)CC1CCN(CC(=O)O)C1. The summed E-state index contributed by atoms with van der Waals surface area (Å²) >= 11 is 0. The van der Waals surface area contributed by atoms with Crippen LogP contribution in [0.5, 0.6) is 0 Å². The molecule has 0 aromatic heterocycles. The van der Waals surface area contributed by atoms with E-state index in [1.165, 1.54) is 0 Å². The first kappa shape index (κ1) is 12.5. The number of carboxylic acid groups (broad SMARTS) is 1. The summed E-state index contributed by atoms with van der Waals surface area (Å²) in [4.78, 5) is 14.9. The molecule has 0 radical (unpaired) electrons. The fourth-order valence-corrected chi connectivity index (χ4v) is 2.01. The van der Waals surface area contributed by atoms with Gasteiger partial charge in [-0.1, -0.05) is 0 Å². The van der Waals surface area contributed by atoms with E-state index in [4.69, 9.17) is 5.11 Å². The van der Waals surface area contributed by atoms with Crippen LogP contribution in [0.15, 0.2) is 0 Å². The Bertz CT molecular complexity index is 219. The van der Waals surface area contributed by atoms with Crippen LogP contribution in [0.25, 0.3) is 0 Å². The molecule has 0 aromatic carbocycles. The maximum Gasteiger partial charge on any atom is 0.317 e. The first-order chi connectivity index (χ1) is 6.99. The van der Waals surface area contributed by atoms with Gasteiger partial charge in [0.05, 0.1) is 6.54 Å². The van der Waals surface area contributed by atoms with Crippen LogP contribution >= 0.6 is 0 Å². The summed E-state index contributed by atoms with van der Waals surface area (Å²) in [7, 11) is 2.13. The molecule has 4 heteroatoms. The third kappa shape index (κ3) is 4.18. The van der Waals surface area contributed by atoms with Crippen molar-refractivity contribution in [3.8, 4) is 0 Å². The van der Waals surface area contributed by atoms with Crippen molar-refractivity contribution in [3.63, 3.8) is 0 Å². The molecule has 1 rings (SSSR count). The average Bonchev–Trinajstić information content (AvgIpc) is 2.51. The van der Waals surface area contributed by atoms with Gasteiger partial charge in [-0.15, -0.1) is 0 Å². The predicted molar refractivity (Wildman–Crippen MR) is 59.9 cm³/mol. The molecule has 1 heterocycles. The van der Waals surface area contributed by atoms with Gasteiger partial charge in [0.1, 0.15) is 0 Å². The second-order valence-electron chi connectivity index (χ2n) is 4.82. The maximum absolute atomic E-state index is 10.5. The third-order valence-corrected chi connectivity index (χ3v) is 3.16. The summed E-state index contributed by atoms with van der Waals surface area (Å²) in [5.74, 6) is -0.0791. The number of aliphatic carboxylic acids is 1. The highest BCUT2D eigenvalue weighted by molar-refractivity contribution is 5.69. The first-order valence-corrected chi connectivity index (χ1v) is 5.63. The van der Waals surface area contributed by atoms with E-state index in [0.29, 0.717) is 12.0 Å². The van der Waals surface area contributed by atoms with E-state index in [2.05, 4.69) is 25.8 Å². The van der Waals surface area contributed by atoms with Gasteiger partial charge in [-0.2, -0.15) is 0 Å². The topological polar surface area (TPSA) is 43.8 Å². The van der Waals surface area contributed by atoms with Crippen LogP contribution in [-0.2, 0) is 4.79 Å². The van der Waals surface area contributed by atoms with Gasteiger partial charge in [0.15, 0.2) is 0 Å². The molecule has 1 aliphatic heterocycles. The minimum Gasteiger partial charge on any atom is -0.480 e. The number of rotatable bonds is 5. The van der Waals surface area contributed by atoms with E-state index in [-0.39, 0.29) is 6.54 Å². The lowest BCUT2D eigenvalue weighted by Gasteiger charge is -2.24. The molecule has 1 atom stereocenters. The van der Waals surface area contributed by atoms with Crippen LogP contribution in [0.3, 0.4) is 0 Å². The van der Waals surface area contributed by atoms with E-state index in [1.807, 2.05) is 4.90 Å². The van der Waals surface area contributed by atoms with E-state index in [1.54, 1.807) is 0 Å². The molecule has 1 unspecified atom stereocenters. The molecule has 1 aliphatic rings. The van der Waals surface area contributed by atoms with Crippen molar-refractivity contribution in [1.82, 2.24) is 9.80 Å². The van der Waals surface area contributed by atoms with E-state index >= 15 is 0 Å². The summed E-state index contributed by atoms with van der Waals surface area (Å²) < 4.78 is 0. The second-order valence-corrected chi connectivity index (χ2v) is 4.82. The maximum atomic E-state index is 10.5. The highest BCUT2D eigenvalue weighted by Crippen LogP contribution is 2.17. The molecule has 0 amide bonds. The lowest BCUT2D eigenvalue weighted by atomic mass is 10.1. The van der Waals surface area contributed by atoms with Gasteiger partial charge in [-0.25, -0.2) is 0 Å². The van der Waals surface area contributed by atoms with Gasteiger partial charge in [0, 0.05) is 19.1 Å². The third-order valence-electron chi connectivity index (χ3n) is 3.16. The molecule has 1 fully saturated rings. The van der Waals surface area contributed by atoms with Crippen molar-refractivity contribution in [2.45, 2.75) is 26.3 Å². The Morgan fingerprint density at radius 2 is 2.27 bits per heavy atom. The number of hydrogen-bond donors (Lipinski definition) is 1. The largest absolute Gasteiger partial charge is 0.480 e. The number of carboxylic acids is 1. The number of hydrogen-bond acceptors (Lipinski definition) is 3. The van der Waals surface area contributed by atoms with Crippen LogP contribution < -0.4 is 0 Å². The Balaban J connectivity index is 2.27. The molecular formula is C11H22N2O2. The number of nitrogens with zero attached hydrogens (tertiary/aromatic N) is 2. The van der Waals surface area contributed by atoms with Crippen molar-refractivity contribution in [2.75, 3.05) is 33.2 Å². The zero-order valence-electron chi connectivity index (χ0n) is 9.94. The molecule has 1 N–H and O–H groups in total. The van der Waals surface area contributed by atoms with Crippen LogP contribution in [0.1, 0.15) is 20.3 Å². The van der Waals surface area contributed by atoms with Gasteiger partial charge in [-0.3, -0.25) is 9.69 Å². The van der Waals surface area contributed by atoms with Crippen molar-refractivity contribution >= 4 is 5.97 Å². The Hall–Kier alpha value is -0.610. The van der Waals surface area contributed by atoms with E-state index in [0.717, 1.165) is 26.1 Å². The van der Waals surface area contributed by atoms with Crippen molar-refractivity contribution in [3.05, 3.63) is 0 Å². The first-order valence-electron chi connectivity index (χ1n) is 5.63. The van der Waals surface area contributed by atoms with Gasteiger partial charge in [-0.05, 0) is 39.8 Å². The fraction of sp³-hybridized carbons (Fsp3) is 0.909. The van der Waals surface area contributed by atoms with Gasteiger partial charge >= 0.3 is 5.97 Å². The summed E-state index contributed by atoms with van der Waals surface area (Å²) in [5, 5.41) is 8.68. The van der Waals surface area contributed by atoms with Gasteiger partial charge in [0.25, 0.3) is 0 Å². The average molecular weight is 214 g/mol. The van der Waals surface area contributed by atoms with E-state index in [9.17, 15) is 4.79 Å². The molecule has 0 saturated carbocycles. The minimum atomic E-state index is -0.715. The van der Waals surface area contributed by atoms with E-state index < -0.39 is 5.97 Å². The molecule has 1 saturated heterocycles. The van der Waals surface area contributed by atoms with Crippen LogP contribution in [0.4, 0.5) is 0 Å². The quantitative estimate of drug-likeness (QED) is 0.733. The van der Waals surface area contributed by atoms with Crippen molar-refractivity contribution in [2.24, 2.45) is 5.92 Å². The van der Waals surface area contributed by atoms with Crippen LogP contribution in [0.2, 0.25) is 0 Å². The normalized spacial score (nSPS) is 22.9. The van der Waals surface area contributed by atoms with Crippen LogP contribution in [0, 0.1) is 5.92 Å². The fourth-order valence-electron chi connectivity index (χ4n) is 2.01. The number of carbonyl (C=O) groups is 1. The zero-order chi connectivity index (χ0) is 11.4. The highest BCUT2D eigenvalue weighted by Gasteiger charge is 2.25. The van der Waals surface area contributed by atoms with Gasteiger partial charge < -0.3 is 10.0 Å². The molecule has 15 heavy (non-hydrogen) atoms. The smallest absolute Gasteiger partial charge is 0.317 e. The molecule has 4 nitrogen and oxygen atoms in total. The zero-order valence-corrected chi connectivity index (χ0v) is 9.94. The standard InChI is InChI=1S/C11H22N2O2/c1-9(2)12(3)6-10-4-5-13(7-10)8-11(14)15/h9-10H,4-8H2,1-3H3,(H,14,15). The Kier molecular flexibility index (Phi) is 4.54. The monoisotopic (exact) mass is 214 g/mol. The Morgan fingerprint density at radius 1 is 1.60 bits per heavy atom. The summed E-state index contributed by atoms with van der Waals surface area (Å²) in [6.07, 6.45) is 1.13. The Labute approximate surface area is 91.9 Å². The lowest BCUT2D eigenvalue weighted by Crippen LogP contribution is -2.33.